The maximum Gasteiger partial charge on any atom is 0.345 e. The Labute approximate surface area is 151 Å². The Morgan fingerprint density at radius 3 is 2.50 bits per heavy atom. The van der Waals surface area contributed by atoms with E-state index in [9.17, 15) is 14.9 Å². The van der Waals surface area contributed by atoms with Gasteiger partial charge in [-0.1, -0.05) is 23.8 Å². The zero-order valence-corrected chi connectivity index (χ0v) is 15.2. The van der Waals surface area contributed by atoms with Crippen molar-refractivity contribution in [2.75, 3.05) is 13.7 Å². The van der Waals surface area contributed by atoms with E-state index in [0.717, 1.165) is 16.7 Å². The van der Waals surface area contributed by atoms with Crippen LogP contribution in [0, 0.1) is 24.0 Å². The predicted molar refractivity (Wildman–Crippen MR) is 95.9 cm³/mol. The van der Waals surface area contributed by atoms with Crippen LogP contribution in [-0.2, 0) is 11.3 Å². The summed E-state index contributed by atoms with van der Waals surface area (Å²) in [6, 6.07) is 8.25. The quantitative estimate of drug-likeness (QED) is 0.422. The van der Waals surface area contributed by atoms with Gasteiger partial charge in [0.2, 0.25) is 0 Å². The molecule has 0 aliphatic carbocycles. The van der Waals surface area contributed by atoms with Crippen LogP contribution in [0.1, 0.15) is 34.0 Å². The molecule has 7 nitrogen and oxygen atoms in total. The number of rotatable bonds is 7. The number of nitro groups is 1. The fourth-order valence-electron chi connectivity index (χ4n) is 2.47. The average molecular weight is 359 g/mol. The molecule has 0 atom stereocenters. The Balaban J connectivity index is 2.32. The molecule has 0 aliphatic rings. The third-order valence-electron chi connectivity index (χ3n) is 3.86. The smallest absolute Gasteiger partial charge is 0.345 e. The molecule has 0 heterocycles. The van der Waals surface area contributed by atoms with Gasteiger partial charge in [0.25, 0.3) is 5.69 Å². The van der Waals surface area contributed by atoms with Crippen molar-refractivity contribution in [3.05, 3.63) is 62.7 Å². The maximum absolute atomic E-state index is 12.5. The van der Waals surface area contributed by atoms with Crippen LogP contribution in [0.4, 0.5) is 5.69 Å². The van der Waals surface area contributed by atoms with Gasteiger partial charge < -0.3 is 14.2 Å². The molecule has 0 unspecified atom stereocenters. The van der Waals surface area contributed by atoms with Gasteiger partial charge in [-0.05, 0) is 31.9 Å². The van der Waals surface area contributed by atoms with Gasteiger partial charge in [-0.15, -0.1) is 0 Å². The minimum atomic E-state index is -0.793. The first kappa shape index (κ1) is 19.2. The number of hydrogen-bond acceptors (Lipinski definition) is 6. The second-order valence-electron chi connectivity index (χ2n) is 5.72. The molecule has 0 saturated carbocycles. The van der Waals surface area contributed by atoms with Gasteiger partial charge in [0.15, 0.2) is 11.5 Å². The van der Waals surface area contributed by atoms with Gasteiger partial charge in [-0.3, -0.25) is 10.1 Å². The second-order valence-corrected chi connectivity index (χ2v) is 5.72. The fraction of sp³-hybridized carbons (Fsp3) is 0.316. The molecule has 7 heteroatoms. The molecule has 2 aromatic carbocycles. The van der Waals surface area contributed by atoms with Gasteiger partial charge in [-0.25, -0.2) is 4.79 Å². The van der Waals surface area contributed by atoms with E-state index in [1.807, 2.05) is 32.0 Å². The van der Waals surface area contributed by atoms with Crippen molar-refractivity contribution in [2.45, 2.75) is 27.4 Å². The van der Waals surface area contributed by atoms with Crippen LogP contribution >= 0.6 is 0 Å². The third kappa shape index (κ3) is 4.30. The van der Waals surface area contributed by atoms with Gasteiger partial charge in [0.1, 0.15) is 12.2 Å². The molecule has 0 radical (unpaired) electrons. The number of hydrogen-bond donors (Lipinski definition) is 0. The van der Waals surface area contributed by atoms with Gasteiger partial charge >= 0.3 is 5.97 Å². The standard InChI is InChI=1S/C19H21NO6/c1-5-25-18-10-16(20(22)23)15(9-17(18)24-4)19(21)26-11-14-8-12(2)6-7-13(14)3/h6-10H,5,11H2,1-4H3. The van der Waals surface area contributed by atoms with Crippen molar-refractivity contribution in [3.63, 3.8) is 0 Å². The highest BCUT2D eigenvalue weighted by atomic mass is 16.6. The monoisotopic (exact) mass is 359 g/mol. The van der Waals surface area contributed by atoms with Crippen molar-refractivity contribution in [1.82, 2.24) is 0 Å². The molecule has 0 aromatic heterocycles. The minimum Gasteiger partial charge on any atom is -0.493 e. The molecule has 0 fully saturated rings. The molecule has 0 amide bonds. The lowest BCUT2D eigenvalue weighted by Gasteiger charge is -2.12. The molecule has 0 bridgehead atoms. The van der Waals surface area contributed by atoms with Crippen LogP contribution in [0.3, 0.4) is 0 Å². The summed E-state index contributed by atoms with van der Waals surface area (Å²) in [5.41, 5.74) is 2.29. The van der Waals surface area contributed by atoms with Crippen LogP contribution in [-0.4, -0.2) is 24.6 Å². The summed E-state index contributed by atoms with van der Waals surface area (Å²) in [4.78, 5) is 23.2. The Morgan fingerprint density at radius 2 is 1.88 bits per heavy atom. The average Bonchev–Trinajstić information content (AvgIpc) is 2.62. The van der Waals surface area contributed by atoms with Crippen molar-refractivity contribution < 1.29 is 23.9 Å². The van der Waals surface area contributed by atoms with Gasteiger partial charge in [-0.2, -0.15) is 0 Å². The van der Waals surface area contributed by atoms with Crippen LogP contribution in [0.15, 0.2) is 30.3 Å². The summed E-state index contributed by atoms with van der Waals surface area (Å²) >= 11 is 0. The Hall–Kier alpha value is -3.09. The summed E-state index contributed by atoms with van der Waals surface area (Å²) in [5, 5.41) is 11.4. The van der Waals surface area contributed by atoms with Crippen molar-refractivity contribution >= 4 is 11.7 Å². The van der Waals surface area contributed by atoms with Crippen molar-refractivity contribution in [1.29, 1.82) is 0 Å². The van der Waals surface area contributed by atoms with Crippen LogP contribution in [0.25, 0.3) is 0 Å². The summed E-state index contributed by atoms with van der Waals surface area (Å²) in [6.45, 7) is 5.93. The largest absolute Gasteiger partial charge is 0.493 e. The lowest BCUT2D eigenvalue weighted by Crippen LogP contribution is -2.10. The first-order chi connectivity index (χ1) is 12.4. The highest BCUT2D eigenvalue weighted by Crippen LogP contribution is 2.35. The Bertz CT molecular complexity index is 831. The fourth-order valence-corrected chi connectivity index (χ4v) is 2.47. The molecule has 0 saturated heterocycles. The minimum absolute atomic E-state index is 0.0268. The van der Waals surface area contributed by atoms with E-state index >= 15 is 0 Å². The first-order valence-electron chi connectivity index (χ1n) is 8.09. The number of aryl methyl sites for hydroxylation is 2. The molecule has 26 heavy (non-hydrogen) atoms. The summed E-state index contributed by atoms with van der Waals surface area (Å²) < 4.78 is 15.8. The second kappa shape index (κ2) is 8.33. The first-order valence-corrected chi connectivity index (χ1v) is 8.09. The normalized spacial score (nSPS) is 10.3. The Morgan fingerprint density at radius 1 is 1.15 bits per heavy atom. The highest BCUT2D eigenvalue weighted by molar-refractivity contribution is 5.95. The summed E-state index contributed by atoms with van der Waals surface area (Å²) in [5.74, 6) is -0.358. The van der Waals surface area contributed by atoms with Crippen molar-refractivity contribution in [3.8, 4) is 11.5 Å². The molecular weight excluding hydrogens is 338 g/mol. The molecule has 0 aliphatic heterocycles. The topological polar surface area (TPSA) is 87.9 Å². The lowest BCUT2D eigenvalue weighted by molar-refractivity contribution is -0.385. The van der Waals surface area contributed by atoms with Crippen LogP contribution in [0.5, 0.6) is 11.5 Å². The molecule has 138 valence electrons. The van der Waals surface area contributed by atoms with Gasteiger partial charge in [0.05, 0.1) is 24.7 Å². The van der Waals surface area contributed by atoms with E-state index in [4.69, 9.17) is 14.2 Å². The number of nitro benzene ring substituents is 1. The molecule has 0 N–H and O–H groups in total. The molecule has 0 spiro atoms. The van der Waals surface area contributed by atoms with E-state index in [0.29, 0.717) is 6.61 Å². The SMILES string of the molecule is CCOc1cc([N+](=O)[O-])c(C(=O)OCc2cc(C)ccc2C)cc1OC. The molecule has 2 rings (SSSR count). The number of esters is 1. The lowest BCUT2D eigenvalue weighted by atomic mass is 10.1. The predicted octanol–water partition coefficient (Wildman–Crippen LogP) is 3.98. The highest BCUT2D eigenvalue weighted by Gasteiger charge is 2.26. The van der Waals surface area contributed by atoms with E-state index < -0.39 is 10.9 Å². The zero-order valence-electron chi connectivity index (χ0n) is 15.2. The van der Waals surface area contributed by atoms with E-state index in [1.165, 1.54) is 19.2 Å². The number of methoxy groups -OCH3 is 1. The van der Waals surface area contributed by atoms with Crippen LogP contribution in [0.2, 0.25) is 0 Å². The number of nitrogens with zero attached hydrogens (tertiary/aromatic N) is 1. The molecular formula is C19H21NO6. The Kier molecular flexibility index (Phi) is 6.16. The summed E-state index contributed by atoms with van der Waals surface area (Å²) in [6.07, 6.45) is 0. The van der Waals surface area contributed by atoms with Gasteiger partial charge in [0, 0.05) is 6.07 Å². The third-order valence-corrected chi connectivity index (χ3v) is 3.86. The number of ether oxygens (including phenoxy) is 3. The van der Waals surface area contributed by atoms with E-state index in [2.05, 4.69) is 0 Å². The maximum atomic E-state index is 12.5. The number of benzene rings is 2. The zero-order chi connectivity index (χ0) is 19.3. The van der Waals surface area contributed by atoms with Crippen LogP contribution < -0.4 is 9.47 Å². The van der Waals surface area contributed by atoms with E-state index in [1.54, 1.807) is 6.92 Å². The molecule has 2 aromatic rings. The number of carbonyl (C=O) groups is 1. The van der Waals surface area contributed by atoms with Crippen molar-refractivity contribution in [2.24, 2.45) is 0 Å². The van der Waals surface area contributed by atoms with E-state index in [-0.39, 0.29) is 29.4 Å². The number of carbonyl (C=O) groups excluding carboxylic acids is 1. The summed E-state index contributed by atoms with van der Waals surface area (Å²) in [7, 11) is 1.40.